The van der Waals surface area contributed by atoms with E-state index in [1.807, 2.05) is 0 Å². The molecule has 0 saturated carbocycles. The molecule has 3 heterocycles. The van der Waals surface area contributed by atoms with Crippen molar-refractivity contribution in [2.24, 2.45) is 10.9 Å². The molecular weight excluding hydrogens is 455 g/mol. The Morgan fingerprint density at radius 1 is 1.26 bits per heavy atom. The largest absolute Gasteiger partial charge is 0.468 e. The number of allylic oxidation sites excluding steroid dienone is 1. The summed E-state index contributed by atoms with van der Waals surface area (Å²) in [5, 5.41) is 21.2. The maximum Gasteiger partial charge on any atom is 0.315 e. The standard InChI is InChI=1S/C22H23FN2O9/c1-10-15(19(26)22(28)9-33-18-14(34-25(29)30)8-32-20(18)22)17(12-4-6-13(23)7-5-12)16(11(2)24-10)21(27)31-3/h4-7,14,16-18,20,28H,8-9H2,1-3H3/t14-,16?,17?,18-,20+,22-/m1/s1. The van der Waals surface area contributed by atoms with Crippen LogP contribution in [0.4, 0.5) is 4.39 Å². The first-order valence-electron chi connectivity index (χ1n) is 10.5. The third-order valence-corrected chi connectivity index (χ3v) is 6.44. The van der Waals surface area contributed by atoms with Crippen LogP contribution in [0.15, 0.2) is 40.5 Å². The topological polar surface area (TPSA) is 147 Å². The molecule has 12 heteroatoms. The average Bonchev–Trinajstić information content (AvgIpc) is 3.34. The third-order valence-electron chi connectivity index (χ3n) is 6.44. The molecular formula is C22H23FN2O9. The Morgan fingerprint density at radius 3 is 2.56 bits per heavy atom. The minimum atomic E-state index is -2.21. The van der Waals surface area contributed by atoms with Crippen molar-refractivity contribution >= 4 is 17.5 Å². The van der Waals surface area contributed by atoms with Gasteiger partial charge < -0.3 is 24.2 Å². The second-order valence-electron chi connectivity index (χ2n) is 8.43. The first-order valence-corrected chi connectivity index (χ1v) is 10.5. The minimum absolute atomic E-state index is 0.0154. The number of nitrogens with zero attached hydrogens (tertiary/aromatic N) is 2. The van der Waals surface area contributed by atoms with Gasteiger partial charge >= 0.3 is 5.97 Å². The van der Waals surface area contributed by atoms with Crippen LogP contribution in [0.1, 0.15) is 25.3 Å². The van der Waals surface area contributed by atoms with Gasteiger partial charge in [0.05, 0.1) is 20.3 Å². The lowest BCUT2D eigenvalue weighted by atomic mass is 9.71. The van der Waals surface area contributed by atoms with E-state index < -0.39 is 65.0 Å². The van der Waals surface area contributed by atoms with Crippen LogP contribution in [0.5, 0.6) is 0 Å². The number of esters is 1. The lowest BCUT2D eigenvalue weighted by molar-refractivity contribution is -0.769. The van der Waals surface area contributed by atoms with Crippen molar-refractivity contribution in [1.29, 1.82) is 0 Å². The van der Waals surface area contributed by atoms with Crippen LogP contribution >= 0.6 is 0 Å². The van der Waals surface area contributed by atoms with Gasteiger partial charge in [-0.1, -0.05) is 12.1 Å². The smallest absolute Gasteiger partial charge is 0.315 e. The molecule has 1 N–H and O–H groups in total. The van der Waals surface area contributed by atoms with Crippen LogP contribution in [0, 0.1) is 21.8 Å². The minimum Gasteiger partial charge on any atom is -0.468 e. The molecule has 0 bridgehead atoms. The summed E-state index contributed by atoms with van der Waals surface area (Å²) < 4.78 is 29.6. The van der Waals surface area contributed by atoms with Gasteiger partial charge in [0.1, 0.15) is 23.9 Å². The van der Waals surface area contributed by atoms with E-state index in [1.165, 1.54) is 31.4 Å². The van der Waals surface area contributed by atoms with Gasteiger partial charge in [-0.15, -0.1) is 10.1 Å². The van der Waals surface area contributed by atoms with E-state index in [9.17, 15) is 29.2 Å². The Bertz CT molecular complexity index is 1090. The van der Waals surface area contributed by atoms with Crippen LogP contribution < -0.4 is 0 Å². The molecule has 2 unspecified atom stereocenters. The molecule has 11 nitrogen and oxygen atoms in total. The second-order valence-corrected chi connectivity index (χ2v) is 8.43. The number of ketones is 1. The molecule has 6 atom stereocenters. The van der Waals surface area contributed by atoms with Gasteiger partial charge in [0.15, 0.2) is 17.5 Å². The molecule has 0 aromatic heterocycles. The van der Waals surface area contributed by atoms with Gasteiger partial charge in [0, 0.05) is 22.9 Å². The molecule has 1 aromatic carbocycles. The molecule has 2 saturated heterocycles. The molecule has 0 amide bonds. The Kier molecular flexibility index (Phi) is 6.23. The Balaban J connectivity index is 1.76. The first-order chi connectivity index (χ1) is 16.1. The number of Topliss-reactive ketones (excluding diaryl/α,β-unsaturated/α-hetero) is 1. The fourth-order valence-electron chi connectivity index (χ4n) is 4.92. The molecule has 0 aliphatic carbocycles. The third kappa shape index (κ3) is 3.87. The van der Waals surface area contributed by atoms with Gasteiger partial charge in [0.2, 0.25) is 0 Å². The normalized spacial score (nSPS) is 32.7. The summed E-state index contributed by atoms with van der Waals surface area (Å²) in [6, 6.07) is 5.29. The fraction of sp³-hybridized carbons (Fsp3) is 0.500. The summed E-state index contributed by atoms with van der Waals surface area (Å²) in [4.78, 5) is 46.3. The number of aliphatic imine (C=N–C) groups is 1. The van der Waals surface area contributed by atoms with E-state index in [2.05, 4.69) is 9.83 Å². The van der Waals surface area contributed by atoms with Crippen molar-refractivity contribution in [3.63, 3.8) is 0 Å². The molecule has 34 heavy (non-hydrogen) atoms. The van der Waals surface area contributed by atoms with Crippen molar-refractivity contribution in [2.75, 3.05) is 20.3 Å². The molecule has 0 spiro atoms. The molecule has 3 aliphatic heterocycles. The maximum atomic E-state index is 13.9. The number of carbonyl (C=O) groups is 2. The van der Waals surface area contributed by atoms with Crippen molar-refractivity contribution in [3.05, 3.63) is 57.0 Å². The number of methoxy groups -OCH3 is 1. The number of halogens is 1. The van der Waals surface area contributed by atoms with Gasteiger partial charge in [-0.05, 0) is 31.5 Å². The highest BCUT2D eigenvalue weighted by atomic mass is 19.1. The molecule has 182 valence electrons. The summed E-state index contributed by atoms with van der Waals surface area (Å²) in [6.45, 7) is 2.42. The van der Waals surface area contributed by atoms with E-state index in [4.69, 9.17) is 14.2 Å². The van der Waals surface area contributed by atoms with E-state index >= 15 is 0 Å². The summed E-state index contributed by atoms with van der Waals surface area (Å²) in [5.41, 5.74) is -1.11. The van der Waals surface area contributed by atoms with Crippen LogP contribution in [0.3, 0.4) is 0 Å². The number of carbonyl (C=O) groups excluding carboxylic acids is 2. The van der Waals surface area contributed by atoms with E-state index in [1.54, 1.807) is 13.8 Å². The van der Waals surface area contributed by atoms with Crippen molar-refractivity contribution < 1.29 is 43.2 Å². The lowest BCUT2D eigenvalue weighted by Gasteiger charge is -2.35. The number of rotatable bonds is 6. The zero-order chi connectivity index (χ0) is 24.8. The molecule has 1 aromatic rings. The number of hydrogen-bond acceptors (Lipinski definition) is 10. The molecule has 0 radical (unpaired) electrons. The Labute approximate surface area is 193 Å². The van der Waals surface area contributed by atoms with Crippen molar-refractivity contribution in [3.8, 4) is 0 Å². The molecule has 2 fully saturated rings. The van der Waals surface area contributed by atoms with Crippen LogP contribution in [-0.2, 0) is 28.6 Å². The van der Waals surface area contributed by atoms with E-state index in [0.717, 1.165) is 0 Å². The quantitative estimate of drug-likeness (QED) is 0.361. The van der Waals surface area contributed by atoms with E-state index in [0.29, 0.717) is 11.3 Å². The second kappa shape index (κ2) is 8.85. The monoisotopic (exact) mass is 478 g/mol. The van der Waals surface area contributed by atoms with Crippen molar-refractivity contribution in [1.82, 2.24) is 0 Å². The molecule has 3 aliphatic rings. The summed E-state index contributed by atoms with van der Waals surface area (Å²) in [5.74, 6) is -3.91. The van der Waals surface area contributed by atoms with Gasteiger partial charge in [-0.2, -0.15) is 0 Å². The number of aliphatic hydroxyl groups is 1. The highest BCUT2D eigenvalue weighted by molar-refractivity contribution is 6.11. The Hall–Kier alpha value is -3.22. The predicted octanol–water partition coefficient (Wildman–Crippen LogP) is 1.12. The average molecular weight is 478 g/mol. The predicted molar refractivity (Wildman–Crippen MR) is 112 cm³/mol. The van der Waals surface area contributed by atoms with Crippen LogP contribution in [0.25, 0.3) is 0 Å². The SMILES string of the molecule is COC(=O)C1C(C)=NC(C)=C(C(=O)[C@]2(O)CO[C@@H]3[C@H](O[N+](=O)[O-])CO[C@@H]32)C1c1ccc(F)cc1. The number of hydrogen-bond donors (Lipinski definition) is 1. The highest BCUT2D eigenvalue weighted by Crippen LogP contribution is 2.45. The molecule has 4 rings (SSSR count). The highest BCUT2D eigenvalue weighted by Gasteiger charge is 2.62. The van der Waals surface area contributed by atoms with Crippen molar-refractivity contribution in [2.45, 2.75) is 43.7 Å². The Morgan fingerprint density at radius 2 is 1.94 bits per heavy atom. The lowest BCUT2D eigenvalue weighted by Crippen LogP contribution is -2.53. The summed E-state index contributed by atoms with van der Waals surface area (Å²) >= 11 is 0. The van der Waals surface area contributed by atoms with Gasteiger partial charge in [0.25, 0.3) is 5.09 Å². The number of benzene rings is 1. The zero-order valence-corrected chi connectivity index (χ0v) is 18.6. The van der Waals surface area contributed by atoms with E-state index in [-0.39, 0.29) is 17.9 Å². The van der Waals surface area contributed by atoms with Crippen LogP contribution in [0.2, 0.25) is 0 Å². The van der Waals surface area contributed by atoms with Gasteiger partial charge in [-0.3, -0.25) is 14.6 Å². The number of fused-ring (bicyclic) bond motifs is 1. The fourth-order valence-corrected chi connectivity index (χ4v) is 4.92. The first kappa shape index (κ1) is 23.9. The van der Waals surface area contributed by atoms with Gasteiger partial charge in [-0.25, -0.2) is 4.39 Å². The maximum absolute atomic E-state index is 13.9. The summed E-state index contributed by atoms with van der Waals surface area (Å²) in [7, 11) is 1.20. The number of ether oxygens (including phenoxy) is 3. The zero-order valence-electron chi connectivity index (χ0n) is 18.6. The summed E-state index contributed by atoms with van der Waals surface area (Å²) in [6.07, 6.45) is -3.39. The van der Waals surface area contributed by atoms with Crippen LogP contribution in [-0.4, -0.2) is 71.9 Å².